The lowest BCUT2D eigenvalue weighted by molar-refractivity contribution is -0.00834. The van der Waals surface area contributed by atoms with Crippen LogP contribution >= 0.6 is 0 Å². The number of anilines is 1. The van der Waals surface area contributed by atoms with Crippen LogP contribution in [0, 0.1) is 0 Å². The molecule has 31 heavy (non-hydrogen) atoms. The summed E-state index contributed by atoms with van der Waals surface area (Å²) in [5.41, 5.74) is 1.17. The zero-order valence-corrected chi connectivity index (χ0v) is 19.9. The highest BCUT2D eigenvalue weighted by molar-refractivity contribution is 5.79. The molecular weight excluding hydrogens is 390 g/mol. The molecule has 0 saturated carbocycles. The molecule has 8 nitrogen and oxygen atoms in total. The molecule has 0 aromatic carbocycles. The summed E-state index contributed by atoms with van der Waals surface area (Å²) in [5, 5.41) is 6.89. The van der Waals surface area contributed by atoms with Gasteiger partial charge in [0.1, 0.15) is 5.82 Å². The summed E-state index contributed by atoms with van der Waals surface area (Å²) >= 11 is 0. The molecule has 0 bridgehead atoms. The third-order valence-corrected chi connectivity index (χ3v) is 6.27. The number of piperazine rings is 1. The van der Waals surface area contributed by atoms with Crippen LogP contribution in [0.4, 0.5) is 5.82 Å². The third-order valence-electron chi connectivity index (χ3n) is 6.27. The van der Waals surface area contributed by atoms with E-state index in [4.69, 9.17) is 14.7 Å². The topological polar surface area (TPSA) is 68.3 Å². The molecule has 3 heterocycles. The first kappa shape index (κ1) is 23.8. The van der Waals surface area contributed by atoms with E-state index < -0.39 is 0 Å². The number of pyridine rings is 1. The first-order valence-electron chi connectivity index (χ1n) is 11.8. The van der Waals surface area contributed by atoms with Crippen LogP contribution in [-0.4, -0.2) is 98.4 Å². The molecule has 0 spiro atoms. The Morgan fingerprint density at radius 1 is 1.06 bits per heavy atom. The summed E-state index contributed by atoms with van der Waals surface area (Å²) in [7, 11) is 0. The van der Waals surface area contributed by atoms with Gasteiger partial charge in [0.05, 0.1) is 19.8 Å². The number of nitrogens with zero attached hydrogens (tertiary/aromatic N) is 5. The Morgan fingerprint density at radius 3 is 2.42 bits per heavy atom. The number of hydrogen-bond donors (Lipinski definition) is 2. The molecule has 0 atom stereocenters. The fourth-order valence-electron chi connectivity index (χ4n) is 4.08. The summed E-state index contributed by atoms with van der Waals surface area (Å²) in [4.78, 5) is 16.8. The molecule has 2 saturated heterocycles. The average Bonchev–Trinajstić information content (AvgIpc) is 2.82. The smallest absolute Gasteiger partial charge is 0.191 e. The van der Waals surface area contributed by atoms with Gasteiger partial charge in [-0.2, -0.15) is 0 Å². The number of ether oxygens (including phenoxy) is 1. The van der Waals surface area contributed by atoms with Crippen molar-refractivity contribution in [2.75, 3.05) is 77.0 Å². The quantitative estimate of drug-likeness (QED) is 0.476. The number of hydrogen-bond acceptors (Lipinski definition) is 6. The number of morpholine rings is 1. The standard InChI is InChI=1S/C23H41N7O/c1-5-24-22(27-19-23(3,4)30-13-15-31-16-14-30)26-18-20-7-8-21(25-17-20)29-11-9-28(6-2)10-12-29/h7-8,17H,5-6,9-16,18-19H2,1-4H3,(H2,24,26,27). The molecule has 0 radical (unpaired) electrons. The van der Waals surface area contributed by atoms with Crippen molar-refractivity contribution >= 4 is 11.8 Å². The Hall–Kier alpha value is -1.90. The highest BCUT2D eigenvalue weighted by Crippen LogP contribution is 2.16. The van der Waals surface area contributed by atoms with Crippen molar-refractivity contribution in [3.8, 4) is 0 Å². The van der Waals surface area contributed by atoms with Crippen LogP contribution < -0.4 is 15.5 Å². The van der Waals surface area contributed by atoms with E-state index in [-0.39, 0.29) is 5.54 Å². The molecule has 0 amide bonds. The van der Waals surface area contributed by atoms with Gasteiger partial charge in [-0.3, -0.25) is 4.90 Å². The van der Waals surface area contributed by atoms with E-state index in [1.54, 1.807) is 0 Å². The van der Waals surface area contributed by atoms with Crippen LogP contribution in [0.5, 0.6) is 0 Å². The molecule has 174 valence electrons. The monoisotopic (exact) mass is 431 g/mol. The van der Waals surface area contributed by atoms with Gasteiger partial charge >= 0.3 is 0 Å². The lowest BCUT2D eigenvalue weighted by Gasteiger charge is -2.41. The Kier molecular flexibility index (Phi) is 8.92. The molecule has 1 aromatic rings. The van der Waals surface area contributed by atoms with Crippen LogP contribution in [0.25, 0.3) is 0 Å². The predicted molar refractivity (Wildman–Crippen MR) is 128 cm³/mol. The van der Waals surface area contributed by atoms with Crippen LogP contribution in [0.1, 0.15) is 33.3 Å². The minimum atomic E-state index is 0.0466. The van der Waals surface area contributed by atoms with Gasteiger partial charge in [0.25, 0.3) is 0 Å². The number of guanidine groups is 1. The molecule has 0 unspecified atom stereocenters. The van der Waals surface area contributed by atoms with Gasteiger partial charge in [0.2, 0.25) is 0 Å². The Bertz CT molecular complexity index is 678. The van der Waals surface area contributed by atoms with Crippen molar-refractivity contribution in [3.05, 3.63) is 23.9 Å². The minimum absolute atomic E-state index is 0.0466. The first-order chi connectivity index (χ1) is 15.0. The summed E-state index contributed by atoms with van der Waals surface area (Å²) in [6.45, 7) is 20.2. The van der Waals surface area contributed by atoms with Crippen molar-refractivity contribution in [1.29, 1.82) is 0 Å². The zero-order chi connectivity index (χ0) is 22.1. The normalized spacial score (nSPS) is 19.5. The maximum Gasteiger partial charge on any atom is 0.191 e. The maximum absolute atomic E-state index is 5.49. The number of rotatable bonds is 8. The lowest BCUT2D eigenvalue weighted by Crippen LogP contribution is -2.56. The molecule has 8 heteroatoms. The number of nitrogens with one attached hydrogen (secondary N) is 2. The van der Waals surface area contributed by atoms with E-state index in [0.717, 1.165) is 89.5 Å². The van der Waals surface area contributed by atoms with Crippen LogP contribution in [0.15, 0.2) is 23.3 Å². The van der Waals surface area contributed by atoms with Gasteiger partial charge in [0, 0.05) is 64.1 Å². The highest BCUT2D eigenvalue weighted by Gasteiger charge is 2.28. The van der Waals surface area contributed by atoms with Gasteiger partial charge in [-0.15, -0.1) is 0 Å². The number of likely N-dealkylation sites (N-methyl/N-ethyl adjacent to an activating group) is 1. The fourth-order valence-corrected chi connectivity index (χ4v) is 4.08. The minimum Gasteiger partial charge on any atom is -0.379 e. The van der Waals surface area contributed by atoms with E-state index in [1.807, 2.05) is 6.20 Å². The van der Waals surface area contributed by atoms with Gasteiger partial charge in [-0.25, -0.2) is 9.98 Å². The second-order valence-corrected chi connectivity index (χ2v) is 8.91. The van der Waals surface area contributed by atoms with Gasteiger partial charge in [0.15, 0.2) is 5.96 Å². The van der Waals surface area contributed by atoms with Crippen molar-refractivity contribution < 1.29 is 4.74 Å². The zero-order valence-electron chi connectivity index (χ0n) is 19.9. The molecule has 2 aliphatic heterocycles. The van der Waals surface area contributed by atoms with Crippen LogP contribution in [-0.2, 0) is 11.3 Å². The highest BCUT2D eigenvalue weighted by atomic mass is 16.5. The lowest BCUT2D eigenvalue weighted by atomic mass is 10.0. The summed E-state index contributed by atoms with van der Waals surface area (Å²) in [6, 6.07) is 4.29. The van der Waals surface area contributed by atoms with Crippen molar-refractivity contribution in [2.45, 2.75) is 39.8 Å². The Balaban J connectivity index is 1.52. The van der Waals surface area contributed by atoms with E-state index in [1.165, 1.54) is 0 Å². The second kappa shape index (κ2) is 11.6. The molecular formula is C23H41N7O. The van der Waals surface area contributed by atoms with Gasteiger partial charge < -0.3 is 25.2 Å². The first-order valence-corrected chi connectivity index (χ1v) is 11.8. The number of aromatic nitrogens is 1. The molecule has 3 rings (SSSR count). The number of aliphatic imine (C=N–C) groups is 1. The largest absolute Gasteiger partial charge is 0.379 e. The Labute approximate surface area is 188 Å². The maximum atomic E-state index is 5.49. The molecule has 1 aromatic heterocycles. The van der Waals surface area contributed by atoms with Crippen molar-refractivity contribution in [2.24, 2.45) is 4.99 Å². The van der Waals surface area contributed by atoms with Gasteiger partial charge in [-0.05, 0) is 38.9 Å². The van der Waals surface area contributed by atoms with E-state index in [9.17, 15) is 0 Å². The van der Waals surface area contributed by atoms with E-state index >= 15 is 0 Å². The summed E-state index contributed by atoms with van der Waals surface area (Å²) < 4.78 is 5.49. The molecule has 2 N–H and O–H groups in total. The Morgan fingerprint density at radius 2 is 1.81 bits per heavy atom. The SMILES string of the molecule is CCNC(=NCc1ccc(N2CCN(CC)CC2)nc1)NCC(C)(C)N1CCOCC1. The average molecular weight is 432 g/mol. The van der Waals surface area contributed by atoms with E-state index in [0.29, 0.717) is 6.54 Å². The fraction of sp³-hybridized carbons (Fsp3) is 0.739. The van der Waals surface area contributed by atoms with Crippen LogP contribution in [0.2, 0.25) is 0 Å². The molecule has 2 fully saturated rings. The molecule has 0 aliphatic carbocycles. The van der Waals surface area contributed by atoms with Gasteiger partial charge in [-0.1, -0.05) is 13.0 Å². The van der Waals surface area contributed by atoms with Crippen molar-refractivity contribution in [3.63, 3.8) is 0 Å². The van der Waals surface area contributed by atoms with E-state index in [2.05, 4.69) is 65.2 Å². The van der Waals surface area contributed by atoms with Crippen molar-refractivity contribution in [1.82, 2.24) is 25.4 Å². The van der Waals surface area contributed by atoms with Crippen LogP contribution in [0.3, 0.4) is 0 Å². The molecule has 2 aliphatic rings. The second-order valence-electron chi connectivity index (χ2n) is 8.91. The third kappa shape index (κ3) is 7.05. The predicted octanol–water partition coefficient (Wildman–Crippen LogP) is 1.39. The summed E-state index contributed by atoms with van der Waals surface area (Å²) in [6.07, 6.45) is 1.96. The summed E-state index contributed by atoms with van der Waals surface area (Å²) in [5.74, 6) is 1.92.